The number of nitrogens with zero attached hydrogens (tertiary/aromatic N) is 2. The van der Waals surface area contributed by atoms with E-state index < -0.39 is 0 Å². The molecule has 3 heteroatoms. The third-order valence-electron chi connectivity index (χ3n) is 4.11. The molecule has 19 heavy (non-hydrogen) atoms. The van der Waals surface area contributed by atoms with Crippen LogP contribution in [0.25, 0.3) is 11.4 Å². The summed E-state index contributed by atoms with van der Waals surface area (Å²) in [5, 5.41) is 9.88. The average molecular weight is 256 g/mol. The van der Waals surface area contributed by atoms with Gasteiger partial charge < -0.3 is 9.67 Å². The molecule has 0 radical (unpaired) electrons. The maximum absolute atomic E-state index is 9.88. The molecule has 1 N–H and O–H groups in total. The van der Waals surface area contributed by atoms with Crippen LogP contribution in [0.5, 0.6) is 0 Å². The highest BCUT2D eigenvalue weighted by atomic mass is 16.3. The Balaban J connectivity index is 1.71. The molecule has 0 spiro atoms. The quantitative estimate of drug-likeness (QED) is 0.912. The van der Waals surface area contributed by atoms with Gasteiger partial charge in [0.2, 0.25) is 0 Å². The number of hydrogen-bond acceptors (Lipinski definition) is 2. The summed E-state index contributed by atoms with van der Waals surface area (Å²) in [5.74, 6) is 1.49. The third kappa shape index (κ3) is 2.71. The topological polar surface area (TPSA) is 38.0 Å². The van der Waals surface area contributed by atoms with Gasteiger partial charge in [0.05, 0.1) is 6.10 Å². The zero-order chi connectivity index (χ0) is 13.1. The lowest BCUT2D eigenvalue weighted by atomic mass is 10.0. The SMILES string of the molecule is OC1CCCC1CCn1ccnc1-c1ccccc1. The molecule has 1 heterocycles. The minimum absolute atomic E-state index is 0.0938. The lowest BCUT2D eigenvalue weighted by Gasteiger charge is -2.15. The van der Waals surface area contributed by atoms with E-state index in [-0.39, 0.29) is 6.10 Å². The molecule has 2 aromatic rings. The van der Waals surface area contributed by atoms with Crippen LogP contribution in [0.2, 0.25) is 0 Å². The van der Waals surface area contributed by atoms with Crippen molar-refractivity contribution in [2.24, 2.45) is 5.92 Å². The first-order valence-corrected chi connectivity index (χ1v) is 7.09. The van der Waals surface area contributed by atoms with Crippen LogP contribution in [0, 0.1) is 5.92 Å². The zero-order valence-corrected chi connectivity index (χ0v) is 11.1. The summed E-state index contributed by atoms with van der Waals surface area (Å²) >= 11 is 0. The predicted octanol–water partition coefficient (Wildman–Crippen LogP) is 3.10. The molecule has 3 rings (SSSR count). The number of aliphatic hydroxyl groups is 1. The molecule has 0 saturated heterocycles. The van der Waals surface area contributed by atoms with Crippen LogP contribution in [0.4, 0.5) is 0 Å². The van der Waals surface area contributed by atoms with Crippen LogP contribution in [0.1, 0.15) is 25.7 Å². The van der Waals surface area contributed by atoms with Crippen molar-refractivity contribution in [3.63, 3.8) is 0 Å². The van der Waals surface area contributed by atoms with E-state index in [2.05, 4.69) is 21.7 Å². The number of benzene rings is 1. The zero-order valence-electron chi connectivity index (χ0n) is 11.1. The molecular formula is C16H20N2O. The molecule has 0 aliphatic heterocycles. The summed E-state index contributed by atoms with van der Waals surface area (Å²) in [7, 11) is 0. The molecular weight excluding hydrogens is 236 g/mol. The van der Waals surface area contributed by atoms with Crippen molar-refractivity contribution >= 4 is 0 Å². The number of aryl methyl sites for hydroxylation is 1. The van der Waals surface area contributed by atoms with E-state index in [4.69, 9.17) is 0 Å². The highest BCUT2D eigenvalue weighted by Crippen LogP contribution is 2.29. The van der Waals surface area contributed by atoms with Gasteiger partial charge in [0.1, 0.15) is 5.82 Å². The molecule has 1 fully saturated rings. The van der Waals surface area contributed by atoms with E-state index in [9.17, 15) is 5.11 Å². The molecule has 2 unspecified atom stereocenters. The van der Waals surface area contributed by atoms with Crippen LogP contribution in [-0.2, 0) is 6.54 Å². The molecule has 1 aromatic heterocycles. The molecule has 1 aliphatic carbocycles. The van der Waals surface area contributed by atoms with Crippen molar-refractivity contribution in [1.82, 2.24) is 9.55 Å². The standard InChI is InChI=1S/C16H20N2O/c19-15-8-4-7-13(15)9-11-18-12-10-17-16(18)14-5-2-1-3-6-14/h1-3,5-6,10,12-13,15,19H,4,7-9,11H2. The second kappa shape index (κ2) is 5.57. The first kappa shape index (κ1) is 12.4. The van der Waals surface area contributed by atoms with E-state index in [1.54, 1.807) is 0 Å². The number of imidazole rings is 1. The molecule has 3 nitrogen and oxygen atoms in total. The molecule has 2 atom stereocenters. The highest BCUT2D eigenvalue weighted by Gasteiger charge is 2.24. The predicted molar refractivity (Wildman–Crippen MR) is 75.6 cm³/mol. The maximum atomic E-state index is 9.88. The third-order valence-corrected chi connectivity index (χ3v) is 4.11. The summed E-state index contributed by atoms with van der Waals surface area (Å²) < 4.78 is 2.19. The Labute approximate surface area is 113 Å². The summed E-state index contributed by atoms with van der Waals surface area (Å²) in [6.45, 7) is 0.936. The van der Waals surface area contributed by atoms with E-state index >= 15 is 0 Å². The Bertz CT molecular complexity index is 521. The molecule has 0 bridgehead atoms. The van der Waals surface area contributed by atoms with Gasteiger partial charge in [-0.1, -0.05) is 36.8 Å². The maximum Gasteiger partial charge on any atom is 0.139 e. The van der Waals surface area contributed by atoms with Gasteiger partial charge in [0.25, 0.3) is 0 Å². The van der Waals surface area contributed by atoms with Crippen LogP contribution in [-0.4, -0.2) is 20.8 Å². The van der Waals surface area contributed by atoms with E-state index in [0.29, 0.717) is 5.92 Å². The van der Waals surface area contributed by atoms with Gasteiger partial charge in [-0.2, -0.15) is 0 Å². The van der Waals surface area contributed by atoms with Crippen molar-refractivity contribution < 1.29 is 5.11 Å². The van der Waals surface area contributed by atoms with Crippen LogP contribution in [0.3, 0.4) is 0 Å². The fraction of sp³-hybridized carbons (Fsp3) is 0.438. The van der Waals surface area contributed by atoms with Crippen molar-refractivity contribution in [3.8, 4) is 11.4 Å². The lowest BCUT2D eigenvalue weighted by Crippen LogP contribution is -2.15. The Hall–Kier alpha value is -1.61. The van der Waals surface area contributed by atoms with E-state index in [1.807, 2.05) is 30.6 Å². The number of aliphatic hydroxyl groups excluding tert-OH is 1. The van der Waals surface area contributed by atoms with Crippen molar-refractivity contribution in [3.05, 3.63) is 42.7 Å². The largest absolute Gasteiger partial charge is 0.393 e. The Morgan fingerprint density at radius 2 is 2.05 bits per heavy atom. The van der Waals surface area contributed by atoms with Crippen LogP contribution >= 0.6 is 0 Å². The first-order valence-electron chi connectivity index (χ1n) is 7.09. The smallest absolute Gasteiger partial charge is 0.139 e. The number of hydrogen-bond donors (Lipinski definition) is 1. The molecule has 1 aromatic carbocycles. The normalized spacial score (nSPS) is 22.8. The van der Waals surface area contributed by atoms with Gasteiger partial charge in [-0.05, 0) is 25.2 Å². The summed E-state index contributed by atoms with van der Waals surface area (Å²) in [6.07, 6.45) is 8.13. The molecule has 1 saturated carbocycles. The first-order chi connectivity index (χ1) is 9.34. The summed E-state index contributed by atoms with van der Waals surface area (Å²) in [5.41, 5.74) is 1.15. The molecule has 1 aliphatic rings. The minimum atomic E-state index is -0.0938. The fourth-order valence-electron chi connectivity index (χ4n) is 3.00. The van der Waals surface area contributed by atoms with Gasteiger partial charge in [0.15, 0.2) is 0 Å². The summed E-state index contributed by atoms with van der Waals surface area (Å²) in [6, 6.07) is 10.3. The van der Waals surface area contributed by atoms with Gasteiger partial charge in [0, 0.05) is 24.5 Å². The van der Waals surface area contributed by atoms with Gasteiger partial charge >= 0.3 is 0 Å². The second-order valence-electron chi connectivity index (χ2n) is 5.36. The van der Waals surface area contributed by atoms with Gasteiger partial charge in [-0.15, -0.1) is 0 Å². The van der Waals surface area contributed by atoms with Crippen molar-refractivity contribution in [2.75, 3.05) is 0 Å². The van der Waals surface area contributed by atoms with Crippen LogP contribution in [0.15, 0.2) is 42.7 Å². The Kier molecular flexibility index (Phi) is 3.65. The van der Waals surface area contributed by atoms with Crippen molar-refractivity contribution in [2.45, 2.75) is 38.3 Å². The number of rotatable bonds is 4. The Morgan fingerprint density at radius 3 is 2.79 bits per heavy atom. The monoisotopic (exact) mass is 256 g/mol. The molecule has 0 amide bonds. The second-order valence-corrected chi connectivity index (χ2v) is 5.36. The van der Waals surface area contributed by atoms with Gasteiger partial charge in [-0.3, -0.25) is 0 Å². The fourth-order valence-corrected chi connectivity index (χ4v) is 3.00. The summed E-state index contributed by atoms with van der Waals surface area (Å²) in [4.78, 5) is 4.45. The lowest BCUT2D eigenvalue weighted by molar-refractivity contribution is 0.125. The van der Waals surface area contributed by atoms with E-state index in [0.717, 1.165) is 37.2 Å². The molecule has 100 valence electrons. The highest BCUT2D eigenvalue weighted by molar-refractivity contribution is 5.55. The Morgan fingerprint density at radius 1 is 1.21 bits per heavy atom. The van der Waals surface area contributed by atoms with Crippen molar-refractivity contribution in [1.29, 1.82) is 0 Å². The van der Waals surface area contributed by atoms with E-state index in [1.165, 1.54) is 6.42 Å². The number of aromatic nitrogens is 2. The van der Waals surface area contributed by atoms with Gasteiger partial charge in [-0.25, -0.2) is 4.98 Å². The minimum Gasteiger partial charge on any atom is -0.393 e. The van der Waals surface area contributed by atoms with Crippen LogP contribution < -0.4 is 0 Å². The average Bonchev–Trinajstić information content (AvgIpc) is 3.06.